The minimum absolute atomic E-state index is 0.0973. The van der Waals surface area contributed by atoms with Crippen LogP contribution in [0.25, 0.3) is 0 Å². The molecule has 1 aromatic rings. The zero-order valence-electron chi connectivity index (χ0n) is 13.0. The zero-order valence-corrected chi connectivity index (χ0v) is 15.2. The molecule has 1 saturated heterocycles. The van der Waals surface area contributed by atoms with Gasteiger partial charge in [-0.1, -0.05) is 12.1 Å². The molecule has 0 amide bonds. The fourth-order valence-electron chi connectivity index (χ4n) is 2.59. The van der Waals surface area contributed by atoms with Crippen molar-refractivity contribution in [1.82, 2.24) is 4.90 Å². The number of hydrogen-bond acceptors (Lipinski definition) is 4. The van der Waals surface area contributed by atoms with Crippen LogP contribution in [0.1, 0.15) is 30.4 Å². The highest BCUT2D eigenvalue weighted by atomic mass is 127. The fraction of sp³-hybridized carbons (Fsp3) is 0.562. The highest BCUT2D eigenvalue weighted by Gasteiger charge is 2.30. The second-order valence-corrected chi connectivity index (χ2v) is 6.19. The Morgan fingerprint density at radius 3 is 2.38 bits per heavy atom. The summed E-state index contributed by atoms with van der Waals surface area (Å²) in [5.74, 6) is -0.226. The van der Waals surface area contributed by atoms with Crippen molar-refractivity contribution in [2.45, 2.75) is 38.1 Å². The summed E-state index contributed by atoms with van der Waals surface area (Å²) in [6.45, 7) is 2.66. The van der Waals surface area contributed by atoms with Gasteiger partial charge in [-0.25, -0.2) is 0 Å². The second-order valence-electron chi connectivity index (χ2n) is 5.75. The van der Waals surface area contributed by atoms with Gasteiger partial charge < -0.3 is 12.7 Å². The monoisotopic (exact) mass is 457 g/mol. The van der Waals surface area contributed by atoms with Crippen molar-refractivity contribution in [3.63, 3.8) is 0 Å². The van der Waals surface area contributed by atoms with Crippen LogP contribution in [0.4, 0.5) is 13.2 Å². The van der Waals surface area contributed by atoms with Crippen molar-refractivity contribution in [2.24, 2.45) is 0 Å². The lowest BCUT2D eigenvalue weighted by Crippen LogP contribution is -2.38. The SMILES string of the molecule is O=C(CCN1CCC(OCc2ccc(C(F)(F)F)cc2)CC1)OI. The molecule has 0 radical (unpaired) electrons. The van der Waals surface area contributed by atoms with Gasteiger partial charge in [0.1, 0.15) is 0 Å². The van der Waals surface area contributed by atoms with Crippen molar-refractivity contribution in [3.8, 4) is 0 Å². The maximum Gasteiger partial charge on any atom is 0.416 e. The fourth-order valence-corrected chi connectivity index (χ4v) is 2.81. The molecule has 0 N–H and O–H groups in total. The molecule has 0 saturated carbocycles. The van der Waals surface area contributed by atoms with E-state index < -0.39 is 11.7 Å². The van der Waals surface area contributed by atoms with Crippen LogP contribution in [0.5, 0.6) is 0 Å². The molecule has 1 aliphatic heterocycles. The summed E-state index contributed by atoms with van der Waals surface area (Å²) in [5.41, 5.74) is 0.0832. The Kier molecular flexibility index (Phi) is 7.30. The maximum atomic E-state index is 12.5. The van der Waals surface area contributed by atoms with Crippen LogP contribution in [-0.4, -0.2) is 36.6 Å². The summed E-state index contributed by atoms with van der Waals surface area (Å²) < 4.78 is 47.9. The van der Waals surface area contributed by atoms with Gasteiger partial charge in [-0.2, -0.15) is 13.2 Å². The number of alkyl halides is 3. The van der Waals surface area contributed by atoms with Crippen molar-refractivity contribution >= 4 is 29.0 Å². The smallest absolute Gasteiger partial charge is 0.394 e. The standard InChI is InChI=1S/C16H19F3INO3/c17-16(18,19)13-3-1-12(2-4-13)11-23-14-5-8-21(9-6-14)10-7-15(22)24-20/h1-4,14H,5-11H2. The van der Waals surface area contributed by atoms with E-state index in [0.29, 0.717) is 19.6 Å². The molecule has 8 heteroatoms. The van der Waals surface area contributed by atoms with E-state index in [4.69, 9.17) is 4.74 Å². The molecule has 0 aliphatic carbocycles. The summed E-state index contributed by atoms with van der Waals surface area (Å²) in [7, 11) is 0. The number of carbonyl (C=O) groups excluding carboxylic acids is 1. The van der Waals surface area contributed by atoms with Gasteiger partial charge in [0.05, 0.1) is 24.7 Å². The number of hydrogen-bond donors (Lipinski definition) is 0. The van der Waals surface area contributed by atoms with Gasteiger partial charge in [0.25, 0.3) is 0 Å². The maximum absolute atomic E-state index is 12.5. The number of carbonyl (C=O) groups is 1. The molecule has 0 atom stereocenters. The average molecular weight is 457 g/mol. The molecule has 0 unspecified atom stereocenters. The van der Waals surface area contributed by atoms with Gasteiger partial charge in [-0.05, 0) is 30.5 Å². The van der Waals surface area contributed by atoms with Gasteiger partial charge in [-0.15, -0.1) is 0 Å². The number of rotatable bonds is 6. The van der Waals surface area contributed by atoms with Gasteiger partial charge in [0.15, 0.2) is 23.0 Å². The number of benzene rings is 1. The summed E-state index contributed by atoms with van der Waals surface area (Å²) in [4.78, 5) is 13.3. The summed E-state index contributed by atoms with van der Waals surface area (Å²) >= 11 is 1.58. The van der Waals surface area contributed by atoms with E-state index in [1.54, 1.807) is 23.0 Å². The third kappa shape index (κ3) is 6.21. The van der Waals surface area contributed by atoms with E-state index in [2.05, 4.69) is 7.97 Å². The normalized spacial score (nSPS) is 17.0. The zero-order chi connectivity index (χ0) is 17.6. The number of likely N-dealkylation sites (tertiary alicyclic amines) is 1. The molecule has 2 rings (SSSR count). The van der Waals surface area contributed by atoms with Gasteiger partial charge >= 0.3 is 12.1 Å². The van der Waals surface area contributed by atoms with Crippen LogP contribution in [0, 0.1) is 0 Å². The Labute approximate surface area is 153 Å². The molecular weight excluding hydrogens is 438 g/mol. The van der Waals surface area contributed by atoms with Crippen molar-refractivity contribution in [3.05, 3.63) is 35.4 Å². The Morgan fingerprint density at radius 2 is 1.83 bits per heavy atom. The minimum Gasteiger partial charge on any atom is -0.394 e. The number of nitrogens with zero attached hydrogens (tertiary/aromatic N) is 1. The predicted molar refractivity (Wildman–Crippen MR) is 90.4 cm³/mol. The first kappa shape index (κ1) is 19.5. The third-order valence-corrected chi connectivity index (χ3v) is 4.51. The first-order valence-corrected chi connectivity index (χ1v) is 8.58. The second kappa shape index (κ2) is 9.00. The molecule has 1 heterocycles. The Morgan fingerprint density at radius 1 is 1.21 bits per heavy atom. The van der Waals surface area contributed by atoms with E-state index in [-0.39, 0.29) is 12.1 Å². The number of piperidine rings is 1. The van der Waals surface area contributed by atoms with Crippen LogP contribution < -0.4 is 0 Å². The molecule has 134 valence electrons. The quantitative estimate of drug-likeness (QED) is 0.607. The molecule has 0 aromatic heterocycles. The van der Waals surface area contributed by atoms with Gasteiger partial charge in [-0.3, -0.25) is 4.79 Å². The Balaban J connectivity index is 1.70. The van der Waals surface area contributed by atoms with E-state index >= 15 is 0 Å². The van der Waals surface area contributed by atoms with Crippen LogP contribution in [0.3, 0.4) is 0 Å². The summed E-state index contributed by atoms with van der Waals surface area (Å²) in [6.07, 6.45) is -2.14. The number of halogens is 4. The minimum atomic E-state index is -4.31. The lowest BCUT2D eigenvalue weighted by atomic mass is 10.1. The first-order chi connectivity index (χ1) is 11.4. The highest BCUT2D eigenvalue weighted by molar-refractivity contribution is 14.1. The van der Waals surface area contributed by atoms with Crippen LogP contribution >= 0.6 is 23.0 Å². The molecular formula is C16H19F3INO3. The molecule has 24 heavy (non-hydrogen) atoms. The van der Waals surface area contributed by atoms with Crippen molar-refractivity contribution in [2.75, 3.05) is 19.6 Å². The van der Waals surface area contributed by atoms with Gasteiger partial charge in [0.2, 0.25) is 0 Å². The van der Waals surface area contributed by atoms with Crippen molar-refractivity contribution < 1.29 is 25.8 Å². The first-order valence-electron chi connectivity index (χ1n) is 7.70. The molecule has 0 spiro atoms. The Bertz CT molecular complexity index is 528. The van der Waals surface area contributed by atoms with E-state index in [0.717, 1.165) is 43.6 Å². The Hall–Kier alpha value is -0.870. The van der Waals surface area contributed by atoms with E-state index in [1.165, 1.54) is 12.1 Å². The predicted octanol–water partition coefficient (Wildman–Crippen LogP) is 3.97. The number of ether oxygens (including phenoxy) is 1. The average Bonchev–Trinajstić information content (AvgIpc) is 2.58. The van der Waals surface area contributed by atoms with E-state index in [9.17, 15) is 18.0 Å². The highest BCUT2D eigenvalue weighted by Crippen LogP contribution is 2.29. The van der Waals surface area contributed by atoms with Gasteiger partial charge in [0, 0.05) is 19.6 Å². The van der Waals surface area contributed by atoms with Crippen LogP contribution in [0.15, 0.2) is 24.3 Å². The topological polar surface area (TPSA) is 38.8 Å². The lowest BCUT2D eigenvalue weighted by Gasteiger charge is -2.31. The molecule has 1 aliphatic rings. The largest absolute Gasteiger partial charge is 0.416 e. The van der Waals surface area contributed by atoms with Crippen LogP contribution in [0.2, 0.25) is 0 Å². The molecule has 0 bridgehead atoms. The van der Waals surface area contributed by atoms with E-state index in [1.807, 2.05) is 0 Å². The third-order valence-electron chi connectivity index (χ3n) is 4.02. The van der Waals surface area contributed by atoms with Crippen LogP contribution in [-0.2, 0) is 25.4 Å². The van der Waals surface area contributed by atoms with Crippen molar-refractivity contribution in [1.29, 1.82) is 0 Å². The molecule has 4 nitrogen and oxygen atoms in total. The molecule has 1 aromatic carbocycles. The summed E-state index contributed by atoms with van der Waals surface area (Å²) in [5, 5.41) is 0. The molecule has 1 fully saturated rings. The lowest BCUT2D eigenvalue weighted by molar-refractivity contribution is -0.137. The summed E-state index contributed by atoms with van der Waals surface area (Å²) in [6, 6.07) is 5.06.